The van der Waals surface area contributed by atoms with Gasteiger partial charge in [-0.1, -0.05) is 44.2 Å². The largest absolute Gasteiger partial charge is 0.406 e. The Morgan fingerprint density at radius 1 is 0.969 bits per heavy atom. The van der Waals surface area contributed by atoms with Crippen molar-refractivity contribution < 1.29 is 18.3 Å². The number of aliphatic hydroxyl groups is 1. The molecule has 1 aliphatic heterocycles. The highest BCUT2D eigenvalue weighted by Gasteiger charge is 2.36. The van der Waals surface area contributed by atoms with E-state index in [1.165, 1.54) is 49.5 Å². The number of halogens is 3. The normalized spacial score (nSPS) is 24.5. The molecule has 2 aromatic rings. The molecule has 1 aliphatic carbocycles. The fraction of sp³-hybridized carbons (Fsp3) is 0.708. The quantitative estimate of drug-likeness (QED) is 0.721. The summed E-state index contributed by atoms with van der Waals surface area (Å²) in [6.45, 7) is 1.08. The van der Waals surface area contributed by atoms with Crippen molar-refractivity contribution in [2.45, 2.75) is 70.1 Å². The first-order valence-electron chi connectivity index (χ1n) is 12.0. The van der Waals surface area contributed by atoms with Crippen LogP contribution in [0.15, 0.2) is 29.1 Å². The van der Waals surface area contributed by atoms with E-state index in [0.717, 1.165) is 17.7 Å². The second-order valence-corrected chi connectivity index (χ2v) is 9.61. The molecule has 2 fully saturated rings. The van der Waals surface area contributed by atoms with E-state index in [1.807, 2.05) is 0 Å². The van der Waals surface area contributed by atoms with Gasteiger partial charge in [-0.05, 0) is 37.3 Å². The molecule has 0 radical (unpaired) electrons. The van der Waals surface area contributed by atoms with Crippen LogP contribution in [0.4, 0.5) is 13.2 Å². The highest BCUT2D eigenvalue weighted by Crippen LogP contribution is 2.32. The number of hydrogen-bond donors (Lipinski definition) is 1. The van der Waals surface area contributed by atoms with Crippen LogP contribution in [0.2, 0.25) is 0 Å². The first kappa shape index (κ1) is 23.4. The van der Waals surface area contributed by atoms with Gasteiger partial charge >= 0.3 is 11.9 Å². The van der Waals surface area contributed by atoms with Gasteiger partial charge in [-0.2, -0.15) is 13.2 Å². The molecule has 5 nitrogen and oxygen atoms in total. The number of piperidine rings is 1. The first-order valence-corrected chi connectivity index (χ1v) is 12.0. The van der Waals surface area contributed by atoms with Crippen molar-refractivity contribution in [1.29, 1.82) is 0 Å². The Morgan fingerprint density at radius 2 is 1.62 bits per heavy atom. The number of benzene rings is 1. The number of rotatable bonds is 5. The number of likely N-dealkylation sites (tertiary alicyclic amines) is 1. The molecule has 178 valence electrons. The molecule has 0 bridgehead atoms. The van der Waals surface area contributed by atoms with E-state index in [2.05, 4.69) is 4.90 Å². The number of fused-ring (bicyclic) bond motifs is 1. The van der Waals surface area contributed by atoms with Gasteiger partial charge in [-0.3, -0.25) is 9.13 Å². The second-order valence-electron chi connectivity index (χ2n) is 9.61. The van der Waals surface area contributed by atoms with Crippen molar-refractivity contribution in [2.24, 2.45) is 11.8 Å². The Hall–Kier alpha value is -1.80. The van der Waals surface area contributed by atoms with E-state index in [-0.39, 0.29) is 18.6 Å². The fourth-order valence-electron chi connectivity index (χ4n) is 5.75. The van der Waals surface area contributed by atoms with Gasteiger partial charge in [-0.15, -0.1) is 0 Å². The van der Waals surface area contributed by atoms with Crippen LogP contribution in [0.3, 0.4) is 0 Å². The van der Waals surface area contributed by atoms with Crippen molar-refractivity contribution in [3.05, 3.63) is 34.7 Å². The van der Waals surface area contributed by atoms with Crippen LogP contribution >= 0.6 is 0 Å². The zero-order valence-corrected chi connectivity index (χ0v) is 18.6. The number of para-hydroxylation sites is 2. The Kier molecular flexibility index (Phi) is 7.30. The number of alkyl halides is 3. The van der Waals surface area contributed by atoms with Crippen LogP contribution in [0, 0.1) is 11.8 Å². The molecule has 2 atom stereocenters. The summed E-state index contributed by atoms with van der Waals surface area (Å²) in [5.74, 6) is 0.489. The smallest absolute Gasteiger partial charge is 0.396 e. The number of nitrogens with zero attached hydrogens (tertiary/aromatic N) is 3. The van der Waals surface area contributed by atoms with Crippen molar-refractivity contribution in [3.8, 4) is 0 Å². The van der Waals surface area contributed by atoms with Gasteiger partial charge in [0, 0.05) is 38.2 Å². The van der Waals surface area contributed by atoms with Crippen molar-refractivity contribution >= 4 is 11.0 Å². The molecule has 1 aromatic carbocycles. The van der Waals surface area contributed by atoms with E-state index in [4.69, 9.17) is 0 Å². The maximum Gasteiger partial charge on any atom is 0.406 e. The molecule has 1 N–H and O–H groups in total. The molecule has 1 saturated heterocycles. The van der Waals surface area contributed by atoms with Crippen LogP contribution in [-0.2, 0) is 6.54 Å². The third-order valence-electron chi connectivity index (χ3n) is 7.29. The van der Waals surface area contributed by atoms with Crippen LogP contribution in [0.25, 0.3) is 11.0 Å². The van der Waals surface area contributed by atoms with Crippen molar-refractivity contribution in [1.82, 2.24) is 14.0 Å². The summed E-state index contributed by atoms with van der Waals surface area (Å²) >= 11 is 0. The second kappa shape index (κ2) is 10.00. The lowest BCUT2D eigenvalue weighted by Gasteiger charge is -2.40. The Labute approximate surface area is 186 Å². The lowest BCUT2D eigenvalue weighted by atomic mass is 9.88. The first-order chi connectivity index (χ1) is 15.4. The van der Waals surface area contributed by atoms with Gasteiger partial charge in [0.2, 0.25) is 0 Å². The number of aliphatic hydroxyl groups excluding tert-OH is 1. The van der Waals surface area contributed by atoms with Crippen molar-refractivity contribution in [3.63, 3.8) is 0 Å². The lowest BCUT2D eigenvalue weighted by Crippen LogP contribution is -2.46. The summed E-state index contributed by atoms with van der Waals surface area (Å²) in [5.41, 5.74) is 0.169. The molecule has 2 aliphatic rings. The minimum atomic E-state index is -4.48. The minimum Gasteiger partial charge on any atom is -0.396 e. The molecule has 0 spiro atoms. The summed E-state index contributed by atoms with van der Waals surface area (Å²) < 4.78 is 41.8. The Balaban J connectivity index is 1.55. The average Bonchev–Trinajstić information content (AvgIpc) is 3.00. The predicted octanol–water partition coefficient (Wildman–Crippen LogP) is 4.58. The molecule has 2 heterocycles. The highest BCUT2D eigenvalue weighted by atomic mass is 19.4. The van der Waals surface area contributed by atoms with E-state index < -0.39 is 18.4 Å². The van der Waals surface area contributed by atoms with E-state index in [1.54, 1.807) is 24.3 Å². The van der Waals surface area contributed by atoms with Gasteiger partial charge < -0.3 is 10.0 Å². The van der Waals surface area contributed by atoms with Crippen molar-refractivity contribution in [2.75, 3.05) is 26.2 Å². The standard InChI is InChI=1S/C24H34F3N3O2/c25-24(26,27)17-29-21-10-6-7-11-22(21)30(23(29)32)20-12-13-28(15-19(20)16-31)14-18-8-4-2-1-3-5-9-18/h6-7,10-11,18-20,31H,1-5,8-9,12-17H2. The van der Waals surface area contributed by atoms with Crippen LogP contribution in [0.5, 0.6) is 0 Å². The summed E-state index contributed by atoms with van der Waals surface area (Å²) in [7, 11) is 0. The summed E-state index contributed by atoms with van der Waals surface area (Å²) in [4.78, 5) is 15.5. The lowest BCUT2D eigenvalue weighted by molar-refractivity contribution is -0.140. The molecule has 4 rings (SSSR count). The van der Waals surface area contributed by atoms with Gasteiger partial charge in [0.1, 0.15) is 6.54 Å². The zero-order valence-electron chi connectivity index (χ0n) is 18.6. The van der Waals surface area contributed by atoms with Gasteiger partial charge in [0.25, 0.3) is 0 Å². The van der Waals surface area contributed by atoms with E-state index >= 15 is 0 Å². The highest BCUT2D eigenvalue weighted by molar-refractivity contribution is 5.76. The summed E-state index contributed by atoms with van der Waals surface area (Å²) in [5, 5.41) is 10.2. The molecular weight excluding hydrogens is 419 g/mol. The number of imidazole rings is 1. The Bertz CT molecular complexity index is 944. The van der Waals surface area contributed by atoms with Gasteiger partial charge in [0.15, 0.2) is 0 Å². The molecular formula is C24H34F3N3O2. The maximum atomic E-state index is 13.2. The number of aromatic nitrogens is 2. The molecule has 1 aromatic heterocycles. The third kappa shape index (κ3) is 5.22. The third-order valence-corrected chi connectivity index (χ3v) is 7.29. The fourth-order valence-corrected chi connectivity index (χ4v) is 5.75. The number of hydrogen-bond acceptors (Lipinski definition) is 3. The molecule has 8 heteroatoms. The molecule has 2 unspecified atom stereocenters. The SMILES string of the molecule is O=c1n(CC(F)(F)F)c2ccccc2n1C1CCN(CC2CCCCCCC2)CC1CO. The predicted molar refractivity (Wildman–Crippen MR) is 119 cm³/mol. The van der Waals surface area contributed by atoms with Crippen LogP contribution in [-0.4, -0.2) is 51.6 Å². The maximum absolute atomic E-state index is 13.2. The summed E-state index contributed by atoms with van der Waals surface area (Å²) in [6, 6.07) is 6.37. The van der Waals surface area contributed by atoms with Gasteiger partial charge in [0.05, 0.1) is 11.0 Å². The zero-order chi connectivity index (χ0) is 22.7. The van der Waals surface area contributed by atoms with E-state index in [9.17, 15) is 23.1 Å². The molecule has 0 amide bonds. The minimum absolute atomic E-state index is 0.0863. The Morgan fingerprint density at radius 3 is 2.28 bits per heavy atom. The molecule has 1 saturated carbocycles. The monoisotopic (exact) mass is 453 g/mol. The topological polar surface area (TPSA) is 50.4 Å². The van der Waals surface area contributed by atoms with Gasteiger partial charge in [-0.25, -0.2) is 4.79 Å². The summed E-state index contributed by atoms with van der Waals surface area (Å²) in [6.07, 6.45) is 5.17. The van der Waals surface area contributed by atoms with Crippen LogP contribution < -0.4 is 5.69 Å². The van der Waals surface area contributed by atoms with E-state index in [0.29, 0.717) is 29.9 Å². The molecule has 32 heavy (non-hydrogen) atoms. The van der Waals surface area contributed by atoms with Crippen LogP contribution in [0.1, 0.15) is 57.4 Å². The average molecular weight is 454 g/mol.